The van der Waals surface area contributed by atoms with Gasteiger partial charge in [0.1, 0.15) is 6.04 Å². The van der Waals surface area contributed by atoms with E-state index >= 15 is 0 Å². The monoisotopic (exact) mass is 361 g/mol. The Morgan fingerprint density at radius 3 is 2.73 bits per heavy atom. The van der Waals surface area contributed by atoms with Gasteiger partial charge in [0.15, 0.2) is 0 Å². The van der Waals surface area contributed by atoms with Crippen LogP contribution in [0.3, 0.4) is 0 Å². The van der Waals surface area contributed by atoms with Gasteiger partial charge >= 0.3 is 0 Å². The molecule has 3 amide bonds. The van der Waals surface area contributed by atoms with E-state index in [1.807, 2.05) is 20.8 Å². The first-order valence-electron chi connectivity index (χ1n) is 9.01. The fraction of sp³-hybridized carbons (Fsp3) is 0.556. The van der Waals surface area contributed by atoms with Gasteiger partial charge in [0, 0.05) is 38.3 Å². The summed E-state index contributed by atoms with van der Waals surface area (Å²) in [7, 11) is 0. The third kappa shape index (κ3) is 4.71. The molecule has 0 unspecified atom stereocenters. The van der Waals surface area contributed by atoms with Crippen molar-refractivity contribution >= 4 is 17.7 Å². The van der Waals surface area contributed by atoms with E-state index in [2.05, 4.69) is 15.7 Å². The average Bonchev–Trinajstić information content (AvgIpc) is 3.26. The predicted molar refractivity (Wildman–Crippen MR) is 97.4 cm³/mol. The van der Waals surface area contributed by atoms with Crippen LogP contribution in [-0.4, -0.2) is 57.6 Å². The Labute approximate surface area is 153 Å². The molecule has 8 nitrogen and oxygen atoms in total. The molecule has 0 radical (unpaired) electrons. The fourth-order valence-electron chi connectivity index (χ4n) is 3.02. The summed E-state index contributed by atoms with van der Waals surface area (Å²) in [5, 5.41) is 9.78. The largest absolute Gasteiger partial charge is 0.355 e. The van der Waals surface area contributed by atoms with Gasteiger partial charge in [-0.3, -0.25) is 19.1 Å². The highest BCUT2D eigenvalue weighted by Gasteiger charge is 2.39. The number of carbonyl (C=O) groups is 3. The Morgan fingerprint density at radius 1 is 1.35 bits per heavy atom. The number of rotatable bonds is 7. The highest BCUT2D eigenvalue weighted by molar-refractivity contribution is 5.94. The van der Waals surface area contributed by atoms with Crippen LogP contribution >= 0.6 is 0 Å². The lowest BCUT2D eigenvalue weighted by atomic mass is 10.1. The lowest BCUT2D eigenvalue weighted by Crippen LogP contribution is -2.45. The van der Waals surface area contributed by atoms with Gasteiger partial charge in [0.25, 0.3) is 5.91 Å². The van der Waals surface area contributed by atoms with Crippen molar-refractivity contribution < 1.29 is 14.4 Å². The molecule has 0 spiro atoms. The first-order valence-corrected chi connectivity index (χ1v) is 9.01. The van der Waals surface area contributed by atoms with E-state index in [0.717, 1.165) is 0 Å². The molecule has 0 saturated carbocycles. The van der Waals surface area contributed by atoms with Crippen LogP contribution < -0.4 is 10.6 Å². The van der Waals surface area contributed by atoms with Crippen LogP contribution in [0, 0.1) is 0 Å². The molecule has 26 heavy (non-hydrogen) atoms. The van der Waals surface area contributed by atoms with Crippen molar-refractivity contribution in [1.29, 1.82) is 0 Å². The molecule has 2 N–H and O–H groups in total. The minimum atomic E-state index is -0.559. The Kier molecular flexibility index (Phi) is 6.94. The van der Waals surface area contributed by atoms with Gasteiger partial charge in [-0.05, 0) is 27.2 Å². The Bertz CT molecular complexity index is 682. The Morgan fingerprint density at radius 2 is 2.12 bits per heavy atom. The smallest absolute Gasteiger partial charge is 0.254 e. The molecule has 8 heteroatoms. The highest BCUT2D eigenvalue weighted by Crippen LogP contribution is 2.20. The summed E-state index contributed by atoms with van der Waals surface area (Å²) in [5.41, 5.74) is 0.472. The molecular weight excluding hydrogens is 334 g/mol. The number of allylic oxidation sites excluding steroid dienone is 1. The molecule has 142 valence electrons. The van der Waals surface area contributed by atoms with Gasteiger partial charge in [-0.1, -0.05) is 12.2 Å². The van der Waals surface area contributed by atoms with Gasteiger partial charge in [0.05, 0.1) is 11.8 Å². The maximum absolute atomic E-state index is 12.4. The van der Waals surface area contributed by atoms with Crippen molar-refractivity contribution in [2.24, 2.45) is 0 Å². The van der Waals surface area contributed by atoms with Crippen LogP contribution in [0.1, 0.15) is 44.0 Å². The number of hydrogen-bond donors (Lipinski definition) is 2. The quantitative estimate of drug-likeness (QED) is 0.699. The molecule has 1 aliphatic rings. The number of nitrogens with zero attached hydrogens (tertiary/aromatic N) is 3. The topological polar surface area (TPSA) is 96.3 Å². The van der Waals surface area contributed by atoms with Crippen LogP contribution in [0.15, 0.2) is 24.5 Å². The zero-order valence-electron chi connectivity index (χ0n) is 15.6. The number of aryl methyl sites for hydroxylation is 1. The lowest BCUT2D eigenvalue weighted by Gasteiger charge is -2.23. The van der Waals surface area contributed by atoms with Crippen LogP contribution in [0.4, 0.5) is 0 Å². The van der Waals surface area contributed by atoms with Crippen LogP contribution in [0.2, 0.25) is 0 Å². The summed E-state index contributed by atoms with van der Waals surface area (Å²) in [6.45, 7) is 7.13. The van der Waals surface area contributed by atoms with E-state index in [4.69, 9.17) is 0 Å². The van der Waals surface area contributed by atoms with Crippen LogP contribution in [0.25, 0.3) is 0 Å². The molecule has 1 saturated heterocycles. The molecule has 1 aromatic rings. The Hall–Kier alpha value is -2.64. The van der Waals surface area contributed by atoms with Crippen molar-refractivity contribution in [2.75, 3.05) is 13.1 Å². The zero-order valence-corrected chi connectivity index (χ0v) is 15.6. The predicted octanol–water partition coefficient (Wildman–Crippen LogP) is 0.705. The molecule has 1 fully saturated rings. The van der Waals surface area contributed by atoms with E-state index in [0.29, 0.717) is 31.6 Å². The van der Waals surface area contributed by atoms with E-state index in [9.17, 15) is 14.4 Å². The van der Waals surface area contributed by atoms with Crippen molar-refractivity contribution in [3.63, 3.8) is 0 Å². The van der Waals surface area contributed by atoms with Crippen molar-refractivity contribution in [1.82, 2.24) is 25.3 Å². The third-order valence-electron chi connectivity index (χ3n) is 4.36. The first-order chi connectivity index (χ1) is 12.5. The second kappa shape index (κ2) is 9.17. The maximum atomic E-state index is 12.4. The van der Waals surface area contributed by atoms with E-state index in [1.54, 1.807) is 27.9 Å². The van der Waals surface area contributed by atoms with E-state index in [1.165, 1.54) is 6.20 Å². The SMILES string of the molecule is C/C=C/CC(=O)N1C[C@H](NC(=O)c2cnn(CC)c2)C[C@H]1C(=O)NCC. The number of aromatic nitrogens is 2. The van der Waals surface area contributed by atoms with Gasteiger partial charge in [-0.2, -0.15) is 5.10 Å². The minimum Gasteiger partial charge on any atom is -0.355 e. The minimum absolute atomic E-state index is 0.116. The molecule has 0 bridgehead atoms. The Balaban J connectivity index is 2.06. The number of likely N-dealkylation sites (N-methyl/N-ethyl adjacent to an activating group) is 1. The van der Waals surface area contributed by atoms with Gasteiger partial charge < -0.3 is 15.5 Å². The van der Waals surface area contributed by atoms with Crippen molar-refractivity contribution in [3.05, 3.63) is 30.1 Å². The summed E-state index contributed by atoms with van der Waals surface area (Å²) in [4.78, 5) is 38.7. The maximum Gasteiger partial charge on any atom is 0.254 e. The van der Waals surface area contributed by atoms with Crippen LogP contribution in [-0.2, 0) is 16.1 Å². The number of likely N-dealkylation sites (tertiary alicyclic amines) is 1. The molecule has 0 aliphatic carbocycles. The summed E-state index contributed by atoms with van der Waals surface area (Å²) in [6, 6.07) is -0.828. The van der Waals surface area contributed by atoms with E-state index in [-0.39, 0.29) is 30.2 Å². The highest BCUT2D eigenvalue weighted by atomic mass is 16.2. The second-order valence-electron chi connectivity index (χ2n) is 6.22. The summed E-state index contributed by atoms with van der Waals surface area (Å²) < 4.78 is 1.67. The molecule has 0 aromatic carbocycles. The van der Waals surface area contributed by atoms with Gasteiger partial charge in [0.2, 0.25) is 11.8 Å². The van der Waals surface area contributed by atoms with Gasteiger partial charge in [-0.25, -0.2) is 0 Å². The van der Waals surface area contributed by atoms with Crippen LogP contribution in [0.5, 0.6) is 0 Å². The molecule has 2 heterocycles. The fourth-order valence-corrected chi connectivity index (χ4v) is 3.02. The van der Waals surface area contributed by atoms with Crippen molar-refractivity contribution in [3.8, 4) is 0 Å². The van der Waals surface area contributed by atoms with E-state index < -0.39 is 6.04 Å². The standard InChI is InChI=1S/C18H27N5O3/c1-4-7-8-16(24)23-12-14(9-15(23)18(26)19-5-2)21-17(25)13-10-20-22(6-3)11-13/h4,7,10-11,14-15H,5-6,8-9,12H2,1-3H3,(H,19,26)(H,21,25)/b7-4+/t14-,15+/m1/s1. The van der Waals surface area contributed by atoms with Crippen molar-refractivity contribution in [2.45, 2.75) is 52.2 Å². The normalized spacial score (nSPS) is 19.7. The molecular formula is C18H27N5O3. The summed E-state index contributed by atoms with van der Waals surface area (Å²) in [6.07, 6.45) is 7.42. The molecule has 1 aliphatic heterocycles. The zero-order chi connectivity index (χ0) is 19.1. The lowest BCUT2D eigenvalue weighted by molar-refractivity contribution is -0.137. The number of nitrogens with one attached hydrogen (secondary N) is 2. The molecule has 2 atom stereocenters. The summed E-state index contributed by atoms with van der Waals surface area (Å²) >= 11 is 0. The molecule has 2 rings (SSSR count). The number of amides is 3. The number of hydrogen-bond acceptors (Lipinski definition) is 4. The third-order valence-corrected chi connectivity index (χ3v) is 4.36. The molecule has 1 aromatic heterocycles. The first kappa shape index (κ1) is 19.7. The second-order valence-corrected chi connectivity index (χ2v) is 6.22. The summed E-state index contributed by atoms with van der Waals surface area (Å²) in [5.74, 6) is -0.543. The number of carbonyl (C=O) groups excluding carboxylic acids is 3. The van der Waals surface area contributed by atoms with Gasteiger partial charge in [-0.15, -0.1) is 0 Å². The average molecular weight is 361 g/mol.